The number of non-ortho nitro benzene ring substituents is 1. The molecule has 0 aliphatic heterocycles. The summed E-state index contributed by atoms with van der Waals surface area (Å²) in [4.78, 5) is 59.8. The molecule has 0 aromatic heterocycles. The number of anilines is 1. The second kappa shape index (κ2) is 15.4. The molecule has 2 amide bonds. The Morgan fingerprint density at radius 2 is 1.49 bits per heavy atom. The fourth-order valence-electron chi connectivity index (χ4n) is 4.06. The van der Waals surface area contributed by atoms with Crippen molar-refractivity contribution in [2.24, 2.45) is 5.10 Å². The number of amides is 2. The number of hydrogen-bond acceptors (Lipinski definition) is 11. The van der Waals surface area contributed by atoms with Crippen molar-refractivity contribution >= 4 is 41.3 Å². The number of hydrazone groups is 1. The van der Waals surface area contributed by atoms with Crippen LogP contribution in [0.2, 0.25) is 0 Å². The topological polar surface area (TPSA) is 185 Å². The van der Waals surface area contributed by atoms with Gasteiger partial charge in [0.2, 0.25) is 0 Å². The summed E-state index contributed by atoms with van der Waals surface area (Å²) >= 11 is 0. The predicted octanol–water partition coefficient (Wildman–Crippen LogP) is 5.16. The number of benzene rings is 4. The van der Waals surface area contributed by atoms with Gasteiger partial charge in [0.25, 0.3) is 17.5 Å². The molecule has 4 aromatic carbocycles. The normalized spacial score (nSPS) is 10.5. The largest absolute Gasteiger partial charge is 0.493 e. The molecular formula is C33H28N4O10. The van der Waals surface area contributed by atoms with Gasteiger partial charge in [0.05, 0.1) is 30.4 Å². The summed E-state index contributed by atoms with van der Waals surface area (Å²) < 4.78 is 21.3. The van der Waals surface area contributed by atoms with Gasteiger partial charge in [-0.2, -0.15) is 5.10 Å². The molecule has 0 saturated heterocycles. The van der Waals surface area contributed by atoms with Gasteiger partial charge in [-0.15, -0.1) is 0 Å². The third-order valence-corrected chi connectivity index (χ3v) is 6.23. The minimum absolute atomic E-state index is 0.116. The predicted molar refractivity (Wildman–Crippen MR) is 169 cm³/mol. The molecule has 0 bridgehead atoms. The highest BCUT2D eigenvalue weighted by molar-refractivity contribution is 6.05. The van der Waals surface area contributed by atoms with Crippen LogP contribution < -0.4 is 29.7 Å². The van der Waals surface area contributed by atoms with Crippen LogP contribution in [0, 0.1) is 10.1 Å². The Morgan fingerprint density at radius 1 is 0.809 bits per heavy atom. The molecule has 0 aliphatic carbocycles. The van der Waals surface area contributed by atoms with Crippen molar-refractivity contribution in [3.8, 4) is 23.0 Å². The van der Waals surface area contributed by atoms with Crippen LogP contribution >= 0.6 is 0 Å². The molecule has 0 spiro atoms. The number of nitrogens with zero attached hydrogens (tertiary/aromatic N) is 2. The average molecular weight is 641 g/mol. The van der Waals surface area contributed by atoms with E-state index in [1.807, 2.05) is 0 Å². The third-order valence-electron chi connectivity index (χ3n) is 6.23. The van der Waals surface area contributed by atoms with Crippen molar-refractivity contribution in [2.75, 3.05) is 19.0 Å². The van der Waals surface area contributed by atoms with Gasteiger partial charge >= 0.3 is 11.9 Å². The first kappa shape index (κ1) is 33.3. The smallest absolute Gasteiger partial charge is 0.343 e. The number of rotatable bonds is 12. The first-order valence-electron chi connectivity index (χ1n) is 13.9. The van der Waals surface area contributed by atoms with Crippen LogP contribution in [0.1, 0.15) is 50.5 Å². The maximum Gasteiger partial charge on any atom is 0.343 e. The van der Waals surface area contributed by atoms with Crippen LogP contribution in [0.5, 0.6) is 23.0 Å². The van der Waals surface area contributed by atoms with Gasteiger partial charge in [-0.1, -0.05) is 6.07 Å². The number of carbonyl (C=O) groups is 4. The molecule has 0 atom stereocenters. The number of nitro groups is 1. The Hall–Kier alpha value is -6.57. The zero-order chi connectivity index (χ0) is 33.9. The summed E-state index contributed by atoms with van der Waals surface area (Å²) in [7, 11) is 1.38. The summed E-state index contributed by atoms with van der Waals surface area (Å²) in [5.41, 5.74) is 3.68. The third kappa shape index (κ3) is 8.98. The first-order chi connectivity index (χ1) is 22.6. The molecule has 14 nitrogen and oxygen atoms in total. The maximum absolute atomic E-state index is 12.8. The average Bonchev–Trinajstić information content (AvgIpc) is 3.06. The van der Waals surface area contributed by atoms with E-state index >= 15 is 0 Å². The Morgan fingerprint density at radius 3 is 2.17 bits per heavy atom. The molecule has 0 aliphatic rings. The first-order valence-corrected chi connectivity index (χ1v) is 13.9. The van der Waals surface area contributed by atoms with E-state index in [1.165, 1.54) is 74.8 Å². The second-order valence-corrected chi connectivity index (χ2v) is 9.53. The summed E-state index contributed by atoms with van der Waals surface area (Å²) in [6, 6.07) is 20.1. The lowest BCUT2D eigenvalue weighted by Gasteiger charge is -2.11. The van der Waals surface area contributed by atoms with Crippen LogP contribution in [0.3, 0.4) is 0 Å². The highest BCUT2D eigenvalue weighted by Crippen LogP contribution is 2.30. The molecule has 0 radical (unpaired) electrons. The highest BCUT2D eigenvalue weighted by Gasteiger charge is 2.16. The van der Waals surface area contributed by atoms with Crippen molar-refractivity contribution < 1.29 is 43.0 Å². The van der Waals surface area contributed by atoms with Gasteiger partial charge in [-0.25, -0.2) is 10.2 Å². The van der Waals surface area contributed by atoms with Crippen molar-refractivity contribution in [2.45, 2.75) is 13.8 Å². The lowest BCUT2D eigenvalue weighted by molar-refractivity contribution is -0.384. The quantitative estimate of drug-likeness (QED) is 0.0689. The zero-order valence-electron chi connectivity index (χ0n) is 25.3. The minimum atomic E-state index is -0.732. The SMILES string of the molecule is CCOc1cc(C=NNC(=O)c2cccc(NC(=O)c3ccc(OC(C)=O)c(OC)c3)c2)ccc1OC(=O)c1ccc([N+](=O)[O-])cc1. The fraction of sp³-hybridized carbons (Fsp3) is 0.121. The lowest BCUT2D eigenvalue weighted by atomic mass is 10.1. The molecule has 0 unspecified atom stereocenters. The summed E-state index contributed by atoms with van der Waals surface area (Å²) in [6.45, 7) is 3.26. The van der Waals surface area contributed by atoms with Crippen molar-refractivity contribution in [1.82, 2.24) is 5.43 Å². The van der Waals surface area contributed by atoms with Gasteiger partial charge < -0.3 is 24.3 Å². The Kier molecular flexibility index (Phi) is 10.9. The molecular weight excluding hydrogens is 612 g/mol. The van der Waals surface area contributed by atoms with Crippen LogP contribution in [-0.2, 0) is 4.79 Å². The zero-order valence-corrected chi connectivity index (χ0v) is 25.3. The van der Waals surface area contributed by atoms with E-state index < -0.39 is 28.7 Å². The van der Waals surface area contributed by atoms with Crippen molar-refractivity contribution in [1.29, 1.82) is 0 Å². The Balaban J connectivity index is 1.39. The van der Waals surface area contributed by atoms with Gasteiger partial charge in [-0.05, 0) is 79.2 Å². The van der Waals surface area contributed by atoms with E-state index in [9.17, 15) is 29.3 Å². The van der Waals surface area contributed by atoms with E-state index in [4.69, 9.17) is 18.9 Å². The van der Waals surface area contributed by atoms with Crippen LogP contribution in [0.4, 0.5) is 11.4 Å². The molecule has 0 heterocycles. The summed E-state index contributed by atoms with van der Waals surface area (Å²) in [5.74, 6) is -1.58. The summed E-state index contributed by atoms with van der Waals surface area (Å²) in [5, 5.41) is 17.5. The fourth-order valence-corrected chi connectivity index (χ4v) is 4.06. The second-order valence-electron chi connectivity index (χ2n) is 9.53. The van der Waals surface area contributed by atoms with E-state index in [-0.39, 0.29) is 52.0 Å². The number of carbonyl (C=O) groups excluding carboxylic acids is 4. The highest BCUT2D eigenvalue weighted by atomic mass is 16.6. The van der Waals surface area contributed by atoms with E-state index in [0.717, 1.165) is 0 Å². The molecule has 2 N–H and O–H groups in total. The maximum atomic E-state index is 12.8. The standard InChI is InChI=1S/C33H28N4O10/c1-4-45-30-16-21(8-14-28(30)47-33(41)22-9-12-26(13-10-22)37(42)43)19-34-36-32(40)23-6-5-7-25(17-23)35-31(39)24-11-15-27(46-20(2)38)29(18-24)44-3/h5-19H,4H2,1-3H3,(H,35,39)(H,36,40). The summed E-state index contributed by atoms with van der Waals surface area (Å²) in [6.07, 6.45) is 1.36. The molecule has 0 saturated carbocycles. The van der Waals surface area contributed by atoms with Crippen LogP contribution in [0.15, 0.2) is 90.0 Å². The van der Waals surface area contributed by atoms with Gasteiger partial charge in [0, 0.05) is 35.9 Å². The van der Waals surface area contributed by atoms with Crippen LogP contribution in [-0.4, -0.2) is 48.6 Å². The molecule has 14 heteroatoms. The minimum Gasteiger partial charge on any atom is -0.493 e. The molecule has 0 fully saturated rings. The van der Waals surface area contributed by atoms with Gasteiger partial charge in [0.1, 0.15) is 0 Å². The number of hydrogen-bond donors (Lipinski definition) is 2. The number of esters is 2. The Bertz CT molecular complexity index is 1850. The van der Waals surface area contributed by atoms with Crippen molar-refractivity contribution in [3.63, 3.8) is 0 Å². The van der Waals surface area contributed by atoms with Crippen LogP contribution in [0.25, 0.3) is 0 Å². The molecule has 240 valence electrons. The van der Waals surface area contributed by atoms with Crippen molar-refractivity contribution in [3.05, 3.63) is 117 Å². The van der Waals surface area contributed by atoms with E-state index in [2.05, 4.69) is 15.8 Å². The molecule has 47 heavy (non-hydrogen) atoms. The van der Waals surface area contributed by atoms with Gasteiger partial charge in [-0.3, -0.25) is 24.5 Å². The van der Waals surface area contributed by atoms with E-state index in [1.54, 1.807) is 37.3 Å². The number of nitro benzene ring substituents is 1. The lowest BCUT2D eigenvalue weighted by Crippen LogP contribution is -2.18. The van der Waals surface area contributed by atoms with E-state index in [0.29, 0.717) is 11.3 Å². The number of ether oxygens (including phenoxy) is 4. The molecule has 4 aromatic rings. The molecule has 4 rings (SSSR count). The monoisotopic (exact) mass is 640 g/mol. The number of nitrogens with one attached hydrogen (secondary N) is 2. The number of methoxy groups -OCH3 is 1. The Labute approximate surface area is 268 Å². The van der Waals surface area contributed by atoms with Gasteiger partial charge in [0.15, 0.2) is 23.0 Å².